The summed E-state index contributed by atoms with van der Waals surface area (Å²) in [6.45, 7) is 5.39. The van der Waals surface area contributed by atoms with Crippen LogP contribution in [0.15, 0.2) is 36.4 Å². The summed E-state index contributed by atoms with van der Waals surface area (Å²) >= 11 is 11.7. The van der Waals surface area contributed by atoms with Crippen molar-refractivity contribution in [1.29, 1.82) is 0 Å². The second-order valence-corrected chi connectivity index (χ2v) is 7.56. The van der Waals surface area contributed by atoms with Crippen molar-refractivity contribution >= 4 is 35.0 Å². The van der Waals surface area contributed by atoms with Crippen LogP contribution in [-0.2, 0) is 11.3 Å². The minimum absolute atomic E-state index is 0.0170. The molecule has 6 nitrogen and oxygen atoms in total. The molecule has 0 radical (unpaired) electrons. The number of morpholine rings is 1. The van der Waals surface area contributed by atoms with Gasteiger partial charge in [-0.2, -0.15) is 0 Å². The van der Waals surface area contributed by atoms with Crippen LogP contribution >= 0.6 is 23.2 Å². The molecule has 1 N–H and O–H groups in total. The minimum atomic E-state index is -0.342. The minimum Gasteiger partial charge on any atom is -0.372 e. The summed E-state index contributed by atoms with van der Waals surface area (Å²) in [7, 11) is 0. The first kappa shape index (κ1) is 20.6. The van der Waals surface area contributed by atoms with E-state index in [9.17, 15) is 9.59 Å². The zero-order valence-corrected chi connectivity index (χ0v) is 17.1. The monoisotopic (exact) mass is 421 g/mol. The molecule has 2 heterocycles. The molecule has 0 spiro atoms. The molecule has 1 saturated heterocycles. The third-order valence-electron chi connectivity index (χ3n) is 4.42. The largest absolute Gasteiger partial charge is 0.372 e. The molecular weight excluding hydrogens is 401 g/mol. The molecule has 0 bridgehead atoms. The number of pyridine rings is 1. The number of hydrogen-bond acceptors (Lipinski definition) is 4. The van der Waals surface area contributed by atoms with Crippen molar-refractivity contribution in [2.24, 2.45) is 0 Å². The lowest BCUT2D eigenvalue weighted by atomic mass is 10.1. The number of ether oxygens (including phenoxy) is 1. The zero-order chi connectivity index (χ0) is 20.3. The van der Waals surface area contributed by atoms with E-state index in [-0.39, 0.29) is 39.9 Å². The second-order valence-electron chi connectivity index (χ2n) is 6.82. The van der Waals surface area contributed by atoms with Crippen LogP contribution in [-0.4, -0.2) is 47.0 Å². The van der Waals surface area contributed by atoms with Crippen molar-refractivity contribution in [2.45, 2.75) is 32.6 Å². The maximum absolute atomic E-state index is 12.7. The molecule has 1 aliphatic rings. The lowest BCUT2D eigenvalue weighted by molar-refractivity contribution is -0.0586. The highest BCUT2D eigenvalue weighted by atomic mass is 35.5. The zero-order valence-electron chi connectivity index (χ0n) is 15.6. The molecule has 8 heteroatoms. The van der Waals surface area contributed by atoms with Crippen molar-refractivity contribution in [3.8, 4) is 0 Å². The predicted molar refractivity (Wildman–Crippen MR) is 108 cm³/mol. The summed E-state index contributed by atoms with van der Waals surface area (Å²) in [5.74, 6) is -0.359. The van der Waals surface area contributed by atoms with Crippen LogP contribution in [0.1, 0.15) is 40.1 Å². The first-order valence-corrected chi connectivity index (χ1v) is 9.73. The Kier molecular flexibility index (Phi) is 6.54. The Morgan fingerprint density at radius 3 is 2.36 bits per heavy atom. The Morgan fingerprint density at radius 1 is 1.11 bits per heavy atom. The number of nitrogens with one attached hydrogen (secondary N) is 1. The molecule has 2 atom stereocenters. The number of aromatic nitrogens is 1. The fourth-order valence-electron chi connectivity index (χ4n) is 3.15. The Labute approximate surface area is 173 Å². The molecule has 3 rings (SSSR count). The first-order chi connectivity index (χ1) is 13.3. The Morgan fingerprint density at radius 2 is 1.75 bits per heavy atom. The van der Waals surface area contributed by atoms with Gasteiger partial charge in [0.2, 0.25) is 0 Å². The molecule has 1 aromatic carbocycles. The molecule has 0 aliphatic carbocycles. The van der Waals surface area contributed by atoms with Crippen LogP contribution in [0, 0.1) is 0 Å². The number of hydrogen-bond donors (Lipinski definition) is 1. The van der Waals surface area contributed by atoms with Gasteiger partial charge in [-0.25, -0.2) is 4.98 Å². The van der Waals surface area contributed by atoms with E-state index < -0.39 is 0 Å². The first-order valence-electron chi connectivity index (χ1n) is 8.97. The molecule has 2 amide bonds. The van der Waals surface area contributed by atoms with Crippen LogP contribution in [0.5, 0.6) is 0 Å². The fourth-order valence-corrected chi connectivity index (χ4v) is 3.58. The number of carbonyl (C=O) groups excluding carboxylic acids is 2. The molecule has 0 unspecified atom stereocenters. The van der Waals surface area contributed by atoms with E-state index >= 15 is 0 Å². The van der Waals surface area contributed by atoms with E-state index in [0.29, 0.717) is 25.2 Å². The summed E-state index contributed by atoms with van der Waals surface area (Å²) in [6.07, 6.45) is 0.0488. The van der Waals surface area contributed by atoms with Crippen LogP contribution in [0.4, 0.5) is 0 Å². The summed E-state index contributed by atoms with van der Waals surface area (Å²) in [5, 5.41) is 3.06. The maximum atomic E-state index is 12.7. The van der Waals surface area contributed by atoms with Gasteiger partial charge in [-0.05, 0) is 43.7 Å². The number of carbonyl (C=O) groups is 2. The SMILES string of the molecule is C[C@@H]1CN(C(=O)c2ccc(CNC(=O)c3ccc(Cl)nc3Cl)cc2)C[C@@H](C)O1. The Bertz CT molecular complexity index is 863. The predicted octanol–water partition coefficient (Wildman–Crippen LogP) is 3.57. The maximum Gasteiger partial charge on any atom is 0.254 e. The molecule has 1 aromatic heterocycles. The van der Waals surface area contributed by atoms with Gasteiger partial charge in [0, 0.05) is 25.2 Å². The highest BCUT2D eigenvalue weighted by Crippen LogP contribution is 2.17. The second kappa shape index (κ2) is 8.90. The third kappa shape index (κ3) is 5.01. The normalized spacial score (nSPS) is 19.4. The van der Waals surface area contributed by atoms with Gasteiger partial charge in [0.25, 0.3) is 11.8 Å². The van der Waals surface area contributed by atoms with Gasteiger partial charge >= 0.3 is 0 Å². The fraction of sp³-hybridized carbons (Fsp3) is 0.350. The molecule has 1 fully saturated rings. The molecule has 1 aliphatic heterocycles. The van der Waals surface area contributed by atoms with Crippen molar-refractivity contribution in [2.75, 3.05) is 13.1 Å². The topological polar surface area (TPSA) is 71.5 Å². The van der Waals surface area contributed by atoms with Crippen molar-refractivity contribution < 1.29 is 14.3 Å². The van der Waals surface area contributed by atoms with Gasteiger partial charge in [0.1, 0.15) is 10.3 Å². The molecule has 2 aromatic rings. The smallest absolute Gasteiger partial charge is 0.254 e. The molecule has 28 heavy (non-hydrogen) atoms. The number of nitrogens with zero attached hydrogens (tertiary/aromatic N) is 2. The number of benzene rings is 1. The lowest BCUT2D eigenvalue weighted by Crippen LogP contribution is -2.48. The molecule has 0 saturated carbocycles. The van der Waals surface area contributed by atoms with Crippen LogP contribution in [0.25, 0.3) is 0 Å². The van der Waals surface area contributed by atoms with Gasteiger partial charge in [-0.1, -0.05) is 35.3 Å². The van der Waals surface area contributed by atoms with Crippen molar-refractivity contribution in [1.82, 2.24) is 15.2 Å². The van der Waals surface area contributed by atoms with Crippen LogP contribution < -0.4 is 5.32 Å². The summed E-state index contributed by atoms with van der Waals surface area (Å²) in [4.78, 5) is 30.6. The van der Waals surface area contributed by atoms with Gasteiger partial charge in [-0.3, -0.25) is 9.59 Å². The van der Waals surface area contributed by atoms with Gasteiger partial charge in [-0.15, -0.1) is 0 Å². The average Bonchev–Trinajstić information content (AvgIpc) is 2.65. The standard InChI is InChI=1S/C20H21Cl2N3O3/c1-12-10-25(11-13(2)28-12)20(27)15-5-3-14(4-6-15)9-23-19(26)16-7-8-17(21)24-18(16)22/h3-8,12-13H,9-11H2,1-2H3,(H,23,26)/t12-,13-/m1/s1. The highest BCUT2D eigenvalue weighted by Gasteiger charge is 2.26. The number of halogens is 2. The van der Waals surface area contributed by atoms with Crippen molar-refractivity contribution in [3.63, 3.8) is 0 Å². The van der Waals surface area contributed by atoms with Crippen molar-refractivity contribution in [3.05, 3.63) is 63.4 Å². The summed E-state index contributed by atoms with van der Waals surface area (Å²) < 4.78 is 5.67. The van der Waals surface area contributed by atoms with Crippen LogP contribution in [0.3, 0.4) is 0 Å². The van der Waals surface area contributed by atoms with Gasteiger partial charge in [0.05, 0.1) is 17.8 Å². The lowest BCUT2D eigenvalue weighted by Gasteiger charge is -2.35. The van der Waals surface area contributed by atoms with E-state index in [1.165, 1.54) is 12.1 Å². The van der Waals surface area contributed by atoms with E-state index in [4.69, 9.17) is 27.9 Å². The van der Waals surface area contributed by atoms with Gasteiger partial charge < -0.3 is 15.0 Å². The summed E-state index contributed by atoms with van der Waals surface area (Å²) in [5.41, 5.74) is 1.74. The summed E-state index contributed by atoms with van der Waals surface area (Å²) in [6, 6.07) is 10.2. The third-order valence-corrected chi connectivity index (χ3v) is 4.92. The number of amides is 2. The van der Waals surface area contributed by atoms with E-state index in [0.717, 1.165) is 5.56 Å². The van der Waals surface area contributed by atoms with E-state index in [1.807, 2.05) is 30.9 Å². The molecular formula is C20H21Cl2N3O3. The van der Waals surface area contributed by atoms with E-state index in [2.05, 4.69) is 10.3 Å². The number of rotatable bonds is 4. The van der Waals surface area contributed by atoms with Crippen LogP contribution in [0.2, 0.25) is 10.3 Å². The quantitative estimate of drug-likeness (QED) is 0.765. The van der Waals surface area contributed by atoms with E-state index in [1.54, 1.807) is 12.1 Å². The van der Waals surface area contributed by atoms with Gasteiger partial charge in [0.15, 0.2) is 0 Å². The highest BCUT2D eigenvalue weighted by molar-refractivity contribution is 6.34. The average molecular weight is 422 g/mol. The Balaban J connectivity index is 1.60. The Hall–Kier alpha value is -2.15. The molecule has 148 valence electrons.